The van der Waals surface area contributed by atoms with Crippen molar-refractivity contribution in [1.29, 1.82) is 0 Å². The zero-order chi connectivity index (χ0) is 13.0. The third-order valence-corrected chi connectivity index (χ3v) is 3.17. The Balaban J connectivity index is 2.26. The first-order valence-electron chi connectivity index (χ1n) is 6.15. The summed E-state index contributed by atoms with van der Waals surface area (Å²) < 4.78 is 10.6. The van der Waals surface area contributed by atoms with Crippen LogP contribution in [-0.4, -0.2) is 45.1 Å². The summed E-state index contributed by atoms with van der Waals surface area (Å²) >= 11 is 0. The van der Waals surface area contributed by atoms with Crippen LogP contribution in [0.3, 0.4) is 0 Å². The van der Waals surface area contributed by atoms with Crippen LogP contribution in [0.2, 0.25) is 0 Å². The number of nitrogens with zero attached hydrogens (tertiary/aromatic N) is 1. The summed E-state index contributed by atoms with van der Waals surface area (Å²) in [6.45, 7) is 3.39. The summed E-state index contributed by atoms with van der Waals surface area (Å²) in [5, 5.41) is 9.92. The van der Waals surface area contributed by atoms with Gasteiger partial charge in [-0.05, 0) is 18.2 Å². The van der Waals surface area contributed by atoms with Gasteiger partial charge >= 0.3 is 0 Å². The Labute approximate surface area is 107 Å². The van der Waals surface area contributed by atoms with Gasteiger partial charge in [-0.2, -0.15) is 0 Å². The molecule has 3 N–H and O–H groups in total. The van der Waals surface area contributed by atoms with E-state index >= 15 is 0 Å². The molecule has 0 spiro atoms. The molecule has 18 heavy (non-hydrogen) atoms. The van der Waals surface area contributed by atoms with Gasteiger partial charge in [0.2, 0.25) is 0 Å². The standard InChI is InChI=1S/C13H20N2O3/c1-17-13-3-2-10(8-11(13)12(16)9-14)15-4-6-18-7-5-15/h2-3,8,12,16H,4-7,9,14H2,1H3. The molecule has 0 aliphatic carbocycles. The minimum atomic E-state index is -0.694. The number of morpholine rings is 1. The van der Waals surface area contributed by atoms with Gasteiger partial charge in [0.05, 0.1) is 26.4 Å². The van der Waals surface area contributed by atoms with E-state index in [1.54, 1.807) is 7.11 Å². The molecule has 0 aromatic heterocycles. The monoisotopic (exact) mass is 252 g/mol. The molecule has 100 valence electrons. The molecule has 1 aliphatic heterocycles. The number of ether oxygens (including phenoxy) is 2. The normalized spacial score (nSPS) is 17.6. The van der Waals surface area contributed by atoms with Crippen LogP contribution in [0.15, 0.2) is 18.2 Å². The van der Waals surface area contributed by atoms with Crippen molar-refractivity contribution in [2.75, 3.05) is 44.9 Å². The predicted octanol–water partition coefficient (Wildman–Crippen LogP) is 0.524. The second-order valence-corrected chi connectivity index (χ2v) is 4.28. The lowest BCUT2D eigenvalue weighted by molar-refractivity contribution is 0.122. The Morgan fingerprint density at radius 1 is 1.44 bits per heavy atom. The van der Waals surface area contributed by atoms with E-state index in [-0.39, 0.29) is 6.54 Å². The fourth-order valence-corrected chi connectivity index (χ4v) is 2.13. The summed E-state index contributed by atoms with van der Waals surface area (Å²) in [5.74, 6) is 0.671. The smallest absolute Gasteiger partial charge is 0.124 e. The lowest BCUT2D eigenvalue weighted by Crippen LogP contribution is -2.36. The van der Waals surface area contributed by atoms with Crippen LogP contribution in [0.5, 0.6) is 5.75 Å². The van der Waals surface area contributed by atoms with Crippen LogP contribution in [-0.2, 0) is 4.74 Å². The van der Waals surface area contributed by atoms with Crippen LogP contribution >= 0.6 is 0 Å². The fourth-order valence-electron chi connectivity index (χ4n) is 2.13. The van der Waals surface area contributed by atoms with E-state index in [1.807, 2.05) is 18.2 Å². The lowest BCUT2D eigenvalue weighted by atomic mass is 10.1. The van der Waals surface area contributed by atoms with Gasteiger partial charge in [-0.15, -0.1) is 0 Å². The fraction of sp³-hybridized carbons (Fsp3) is 0.538. The summed E-state index contributed by atoms with van der Waals surface area (Å²) in [6.07, 6.45) is -0.694. The van der Waals surface area contributed by atoms with Crippen molar-refractivity contribution in [1.82, 2.24) is 0 Å². The number of methoxy groups -OCH3 is 1. The van der Waals surface area contributed by atoms with Crippen LogP contribution in [0.1, 0.15) is 11.7 Å². The second kappa shape index (κ2) is 6.04. The maximum atomic E-state index is 9.92. The molecular formula is C13H20N2O3. The number of aliphatic hydroxyl groups excluding tert-OH is 1. The van der Waals surface area contributed by atoms with E-state index < -0.39 is 6.10 Å². The molecule has 1 fully saturated rings. The molecule has 1 heterocycles. The quantitative estimate of drug-likeness (QED) is 0.818. The van der Waals surface area contributed by atoms with Gasteiger partial charge in [-0.3, -0.25) is 0 Å². The first-order valence-corrected chi connectivity index (χ1v) is 6.15. The van der Waals surface area contributed by atoms with Gasteiger partial charge in [0, 0.05) is 30.9 Å². The number of aliphatic hydroxyl groups is 1. The Hall–Kier alpha value is -1.30. The molecule has 0 radical (unpaired) electrons. The summed E-state index contributed by atoms with van der Waals surface area (Å²) in [6, 6.07) is 5.82. The number of hydrogen-bond acceptors (Lipinski definition) is 5. The number of rotatable bonds is 4. The molecule has 1 unspecified atom stereocenters. The van der Waals surface area contributed by atoms with Crippen LogP contribution in [0.4, 0.5) is 5.69 Å². The number of benzene rings is 1. The maximum Gasteiger partial charge on any atom is 0.124 e. The minimum Gasteiger partial charge on any atom is -0.496 e. The minimum absolute atomic E-state index is 0.183. The Kier molecular flexibility index (Phi) is 4.41. The summed E-state index contributed by atoms with van der Waals surface area (Å²) in [7, 11) is 1.59. The predicted molar refractivity (Wildman–Crippen MR) is 70.0 cm³/mol. The van der Waals surface area contributed by atoms with E-state index in [4.69, 9.17) is 15.2 Å². The van der Waals surface area contributed by atoms with Crippen molar-refractivity contribution in [2.24, 2.45) is 5.73 Å². The third kappa shape index (κ3) is 2.75. The molecule has 5 heteroatoms. The van der Waals surface area contributed by atoms with Crippen LogP contribution in [0, 0.1) is 0 Å². The molecule has 1 atom stereocenters. The van der Waals surface area contributed by atoms with Crippen LogP contribution in [0.25, 0.3) is 0 Å². The molecule has 0 amide bonds. The highest BCUT2D eigenvalue weighted by molar-refractivity contribution is 5.54. The second-order valence-electron chi connectivity index (χ2n) is 4.28. The molecule has 0 saturated carbocycles. The van der Waals surface area contributed by atoms with E-state index in [9.17, 15) is 5.11 Å². The molecule has 1 aliphatic rings. The van der Waals surface area contributed by atoms with Gasteiger partial charge in [0.1, 0.15) is 5.75 Å². The van der Waals surface area contributed by atoms with Crippen molar-refractivity contribution in [3.8, 4) is 5.75 Å². The highest BCUT2D eigenvalue weighted by Crippen LogP contribution is 2.29. The van der Waals surface area contributed by atoms with Crippen molar-refractivity contribution < 1.29 is 14.6 Å². The zero-order valence-corrected chi connectivity index (χ0v) is 10.6. The molecule has 1 saturated heterocycles. The Bertz CT molecular complexity index is 392. The molecular weight excluding hydrogens is 232 g/mol. The molecule has 1 aromatic carbocycles. The maximum absolute atomic E-state index is 9.92. The summed E-state index contributed by atoms with van der Waals surface area (Å²) in [4.78, 5) is 2.23. The number of anilines is 1. The van der Waals surface area contributed by atoms with Gasteiger partial charge in [-0.25, -0.2) is 0 Å². The number of hydrogen-bond donors (Lipinski definition) is 2. The SMILES string of the molecule is COc1ccc(N2CCOCC2)cc1C(O)CN. The van der Waals surface area contributed by atoms with Crippen molar-refractivity contribution in [3.05, 3.63) is 23.8 Å². The van der Waals surface area contributed by atoms with Gasteiger partial charge in [0.25, 0.3) is 0 Å². The zero-order valence-electron chi connectivity index (χ0n) is 10.6. The topological polar surface area (TPSA) is 68.0 Å². The average molecular weight is 252 g/mol. The average Bonchev–Trinajstić information content (AvgIpc) is 2.46. The molecule has 0 bridgehead atoms. The van der Waals surface area contributed by atoms with E-state index in [1.165, 1.54) is 0 Å². The summed E-state index contributed by atoms with van der Waals surface area (Å²) in [5.41, 5.74) is 7.33. The lowest BCUT2D eigenvalue weighted by Gasteiger charge is -2.29. The third-order valence-electron chi connectivity index (χ3n) is 3.17. The van der Waals surface area contributed by atoms with Crippen molar-refractivity contribution in [3.63, 3.8) is 0 Å². The largest absolute Gasteiger partial charge is 0.496 e. The van der Waals surface area contributed by atoms with Crippen molar-refractivity contribution in [2.45, 2.75) is 6.10 Å². The highest BCUT2D eigenvalue weighted by atomic mass is 16.5. The first kappa shape index (κ1) is 13.1. The van der Waals surface area contributed by atoms with Crippen LogP contribution < -0.4 is 15.4 Å². The van der Waals surface area contributed by atoms with E-state index in [0.717, 1.165) is 37.6 Å². The molecule has 1 aromatic rings. The van der Waals surface area contributed by atoms with Gasteiger partial charge < -0.3 is 25.2 Å². The Morgan fingerprint density at radius 3 is 2.78 bits per heavy atom. The highest BCUT2D eigenvalue weighted by Gasteiger charge is 2.16. The molecule has 2 rings (SSSR count). The number of nitrogens with two attached hydrogens (primary N) is 1. The van der Waals surface area contributed by atoms with E-state index in [2.05, 4.69) is 4.90 Å². The van der Waals surface area contributed by atoms with Crippen molar-refractivity contribution >= 4 is 5.69 Å². The van der Waals surface area contributed by atoms with Gasteiger partial charge in [-0.1, -0.05) is 0 Å². The molecule has 5 nitrogen and oxygen atoms in total. The first-order chi connectivity index (χ1) is 8.76. The van der Waals surface area contributed by atoms with E-state index in [0.29, 0.717) is 5.75 Å². The van der Waals surface area contributed by atoms with Gasteiger partial charge in [0.15, 0.2) is 0 Å². The Morgan fingerprint density at radius 2 is 2.17 bits per heavy atom.